The Bertz CT molecular complexity index is 6090. The molecule has 8 aromatic carbocycles. The van der Waals surface area contributed by atoms with E-state index in [2.05, 4.69) is 243 Å². The zero-order valence-corrected chi connectivity index (χ0v) is 57.8. The number of nitrogens with zero attached hydrogens (tertiary/aromatic N) is 10. The van der Waals surface area contributed by atoms with Gasteiger partial charge in [-0.05, 0) is 166 Å². The predicted octanol–water partition coefficient (Wildman–Crippen LogP) is 23.5. The van der Waals surface area contributed by atoms with Crippen molar-refractivity contribution in [1.82, 2.24) is 47.8 Å². The van der Waals surface area contributed by atoms with E-state index in [1.165, 1.54) is 60.6 Å². The van der Waals surface area contributed by atoms with Gasteiger partial charge in [-0.3, -0.25) is 27.9 Å². The Morgan fingerprint density at radius 2 is 0.760 bits per heavy atom. The van der Waals surface area contributed by atoms with E-state index in [0.717, 1.165) is 110 Å². The molecule has 10 heterocycles. The lowest BCUT2D eigenvalue weighted by Gasteiger charge is -2.20. The molecule has 0 bridgehead atoms. The second-order valence-corrected chi connectivity index (χ2v) is 27.5. The first-order valence-electron chi connectivity index (χ1n) is 33.8. The van der Waals surface area contributed by atoms with E-state index in [0.29, 0.717) is 23.7 Å². The van der Waals surface area contributed by atoms with Gasteiger partial charge in [-0.15, -0.1) is 0 Å². The van der Waals surface area contributed by atoms with Gasteiger partial charge in [0, 0.05) is 102 Å². The van der Waals surface area contributed by atoms with Crippen LogP contribution in [0.25, 0.3) is 132 Å². The Kier molecular flexibility index (Phi) is 17.0. The molecule has 0 aliphatic carbocycles. The third-order valence-corrected chi connectivity index (χ3v) is 19.7. The summed E-state index contributed by atoms with van der Waals surface area (Å²) in [7, 11) is 0. The molecule has 0 amide bonds. The van der Waals surface area contributed by atoms with Crippen molar-refractivity contribution < 1.29 is 9.84 Å². The minimum atomic E-state index is 0. The van der Waals surface area contributed by atoms with Crippen LogP contribution in [0.3, 0.4) is 0 Å². The van der Waals surface area contributed by atoms with Crippen LogP contribution in [0.4, 0.5) is 0 Å². The van der Waals surface area contributed by atoms with Crippen molar-refractivity contribution in [3.05, 3.63) is 283 Å². The average Bonchev–Trinajstić information content (AvgIpc) is 1.33. The molecule has 10 aromatic heterocycles. The summed E-state index contributed by atoms with van der Waals surface area (Å²) in [6, 6.07) is 70.8. The zero-order chi connectivity index (χ0) is 67.7. The normalized spacial score (nSPS) is 11.8. The summed E-state index contributed by atoms with van der Waals surface area (Å²) in [5.74, 6) is 5.05. The van der Waals surface area contributed by atoms with Crippen LogP contribution in [0, 0.1) is 0 Å². The largest absolute Gasteiger partial charge is 0.508 e. The molecule has 0 saturated carbocycles. The molecule has 0 saturated heterocycles. The van der Waals surface area contributed by atoms with E-state index in [1.54, 1.807) is 12.1 Å². The molecule has 100 heavy (non-hydrogen) atoms. The van der Waals surface area contributed by atoms with Crippen LogP contribution in [0.15, 0.2) is 260 Å². The highest BCUT2D eigenvalue weighted by molar-refractivity contribution is 9.10. The standard InChI is InChI=1S/C43H35N5O.C26H25N3O.C17H11BrN2.CH4/c1-26(2)30-11-9-12-31(27(3)4)42(30)40-25-46-43-35-22-28(15-17-32(35)36-24-44-21-19-38(36)48(40)43)49-29-16-18-34-33-10-5-6-13-37(33)47(39(34)23-29)41-14-7-8-20-45-41;1-15(2)18-6-5-7-19(16(3)4)25(18)24-14-28-26-21-12-17(30)8-9-20(21)22-13-27-11-10-23(22)29(24)26;18-12-8-9-14-13-5-1-2-6-15(13)20(16(14)11-12)17-7-3-4-10-19-17;/h5-27H,1-4H3;5-16,30H,1-4H3;1-11H;1H4. The minimum Gasteiger partial charge on any atom is -0.508 e. The number of phenols is 1. The Hall–Kier alpha value is -11.5. The molecular formula is C87H75BrN10O2. The summed E-state index contributed by atoms with van der Waals surface area (Å²) in [5, 5.41) is 21.2. The van der Waals surface area contributed by atoms with Crippen molar-refractivity contribution in [2.75, 3.05) is 0 Å². The molecule has 0 spiro atoms. The number of hydrogen-bond donors (Lipinski definition) is 1. The molecule has 18 aromatic rings. The first-order valence-corrected chi connectivity index (χ1v) is 34.6. The summed E-state index contributed by atoms with van der Waals surface area (Å²) >= 11 is 3.56. The fraction of sp³-hybridized carbons (Fsp3) is 0.149. The van der Waals surface area contributed by atoms with Gasteiger partial charge in [0.05, 0.1) is 56.9 Å². The number of aromatic nitrogens is 10. The SMILES string of the molecule is Brc1ccc2c3ccccc3n(-c3ccccn3)c2c1.C.CC(C)c1cccc(C(C)C)c1-c1cnc2c3cc(O)ccc3c3cnccc3n12.CC(C)c1cccc(C(C)C)c1-c1cnc2c3cc(Oc4ccc5c6ccccc6n(-c6ccccn6)c5c4)ccc3c3cnccc3n12. The number of halogens is 1. The van der Waals surface area contributed by atoms with Gasteiger partial charge in [0.25, 0.3) is 0 Å². The Labute approximate surface area is 588 Å². The van der Waals surface area contributed by atoms with Crippen LogP contribution in [0.5, 0.6) is 17.2 Å². The Balaban J connectivity index is 0.000000135. The molecule has 0 unspecified atom stereocenters. The Morgan fingerprint density at radius 1 is 0.340 bits per heavy atom. The van der Waals surface area contributed by atoms with Crippen molar-refractivity contribution >= 4 is 114 Å². The lowest BCUT2D eigenvalue weighted by molar-refractivity contribution is 0.476. The van der Waals surface area contributed by atoms with Crippen LogP contribution in [0.1, 0.15) is 109 Å². The van der Waals surface area contributed by atoms with E-state index in [4.69, 9.17) is 14.7 Å². The molecule has 0 radical (unpaired) electrons. The number of fused-ring (bicyclic) bond motifs is 18. The van der Waals surface area contributed by atoms with Gasteiger partial charge in [0.2, 0.25) is 0 Å². The summed E-state index contributed by atoms with van der Waals surface area (Å²) in [4.78, 5) is 28.1. The summed E-state index contributed by atoms with van der Waals surface area (Å²) in [5.41, 5.74) is 18.4. The summed E-state index contributed by atoms with van der Waals surface area (Å²) in [6.45, 7) is 18.0. The number of pyridine rings is 6. The van der Waals surface area contributed by atoms with E-state index < -0.39 is 0 Å². The van der Waals surface area contributed by atoms with Crippen molar-refractivity contribution in [2.45, 2.75) is 86.5 Å². The summed E-state index contributed by atoms with van der Waals surface area (Å²) in [6.07, 6.45) is 15.2. The number of imidazole rings is 2. The smallest absolute Gasteiger partial charge is 0.145 e. The fourth-order valence-corrected chi connectivity index (χ4v) is 15.1. The molecule has 0 atom stereocenters. The third kappa shape index (κ3) is 11.1. The quantitative estimate of drug-likeness (QED) is 0.134. The third-order valence-electron chi connectivity index (χ3n) is 19.2. The molecule has 1 N–H and O–H groups in total. The number of rotatable bonds is 10. The van der Waals surface area contributed by atoms with Gasteiger partial charge >= 0.3 is 0 Å². The molecule has 12 nitrogen and oxygen atoms in total. The highest BCUT2D eigenvalue weighted by atomic mass is 79.9. The van der Waals surface area contributed by atoms with Gasteiger partial charge in [0.1, 0.15) is 40.2 Å². The number of ether oxygens (including phenoxy) is 1. The topological polar surface area (TPSA) is 125 Å². The van der Waals surface area contributed by atoms with Crippen molar-refractivity contribution in [1.29, 1.82) is 0 Å². The maximum Gasteiger partial charge on any atom is 0.145 e. The second-order valence-electron chi connectivity index (χ2n) is 26.6. The molecule has 0 aliphatic heterocycles. The predicted molar refractivity (Wildman–Crippen MR) is 417 cm³/mol. The molecule has 0 fully saturated rings. The lowest BCUT2D eigenvalue weighted by Crippen LogP contribution is -2.02. The monoisotopic (exact) mass is 1370 g/mol. The highest BCUT2D eigenvalue weighted by Crippen LogP contribution is 2.44. The molecular weight excluding hydrogens is 1300 g/mol. The van der Waals surface area contributed by atoms with Crippen molar-refractivity contribution in [3.63, 3.8) is 0 Å². The molecule has 492 valence electrons. The number of benzene rings is 8. The average molecular weight is 1370 g/mol. The zero-order valence-electron chi connectivity index (χ0n) is 56.3. The van der Waals surface area contributed by atoms with Crippen LogP contribution >= 0.6 is 15.9 Å². The van der Waals surface area contributed by atoms with Crippen LogP contribution in [-0.2, 0) is 0 Å². The number of phenolic OH excluding ortho intramolecular Hbond substituents is 1. The van der Waals surface area contributed by atoms with Crippen LogP contribution < -0.4 is 4.74 Å². The van der Waals surface area contributed by atoms with E-state index in [-0.39, 0.29) is 13.2 Å². The first-order chi connectivity index (χ1) is 48.3. The number of aromatic hydroxyl groups is 1. The summed E-state index contributed by atoms with van der Waals surface area (Å²) < 4.78 is 16.7. The number of para-hydroxylation sites is 2. The van der Waals surface area contributed by atoms with E-state index >= 15 is 0 Å². The Morgan fingerprint density at radius 3 is 1.24 bits per heavy atom. The van der Waals surface area contributed by atoms with Crippen molar-refractivity contribution in [2.24, 2.45) is 0 Å². The first kappa shape index (κ1) is 64.5. The van der Waals surface area contributed by atoms with Gasteiger partial charge in [-0.25, -0.2) is 19.9 Å². The molecule has 13 heteroatoms. The van der Waals surface area contributed by atoms with Gasteiger partial charge in [-0.2, -0.15) is 0 Å². The van der Waals surface area contributed by atoms with E-state index in [9.17, 15) is 5.11 Å². The minimum absolute atomic E-state index is 0. The second kappa shape index (κ2) is 26.4. The van der Waals surface area contributed by atoms with Gasteiger partial charge < -0.3 is 9.84 Å². The van der Waals surface area contributed by atoms with E-state index in [1.807, 2.05) is 110 Å². The maximum absolute atomic E-state index is 10.2. The lowest BCUT2D eigenvalue weighted by atomic mass is 9.87. The van der Waals surface area contributed by atoms with Crippen molar-refractivity contribution in [3.8, 4) is 51.4 Å². The molecule has 18 rings (SSSR count). The fourth-order valence-electron chi connectivity index (χ4n) is 14.7. The van der Waals surface area contributed by atoms with Gasteiger partial charge in [0.15, 0.2) is 0 Å². The van der Waals surface area contributed by atoms with Crippen LogP contribution in [-0.4, -0.2) is 52.9 Å². The van der Waals surface area contributed by atoms with Gasteiger partial charge in [-0.1, -0.05) is 170 Å². The maximum atomic E-state index is 10.2. The highest BCUT2D eigenvalue weighted by Gasteiger charge is 2.25. The molecule has 0 aliphatic rings. The van der Waals surface area contributed by atoms with Crippen LogP contribution in [0.2, 0.25) is 0 Å². The number of hydrogen-bond acceptors (Lipinski definition) is 8.